The summed E-state index contributed by atoms with van der Waals surface area (Å²) < 4.78 is 15.9. The fourth-order valence-corrected chi connectivity index (χ4v) is 2.97. The molecule has 0 radical (unpaired) electrons. The standard InChI is InChI=1S/C22H19NO5/c1-15(17-9-10-20-21(11-17)27-14-26-20)23-28-13-22(24)25-12-18-7-4-6-16-5-2-3-8-19(16)18/h2-11H,12-14H2,1H3/b23-15+. The van der Waals surface area contributed by atoms with Gasteiger partial charge in [-0.05, 0) is 41.5 Å². The number of carbonyl (C=O) groups excluding carboxylic acids is 1. The number of hydrogen-bond donors (Lipinski definition) is 0. The molecule has 0 bridgehead atoms. The highest BCUT2D eigenvalue weighted by atomic mass is 16.7. The number of hydrogen-bond acceptors (Lipinski definition) is 6. The summed E-state index contributed by atoms with van der Waals surface area (Å²) in [5, 5.41) is 6.16. The zero-order valence-corrected chi connectivity index (χ0v) is 15.4. The van der Waals surface area contributed by atoms with E-state index in [4.69, 9.17) is 19.0 Å². The van der Waals surface area contributed by atoms with Crippen LogP contribution in [0, 0.1) is 0 Å². The van der Waals surface area contributed by atoms with Crippen LogP contribution in [0.3, 0.4) is 0 Å². The van der Waals surface area contributed by atoms with Gasteiger partial charge in [0.05, 0.1) is 5.71 Å². The van der Waals surface area contributed by atoms with Crippen molar-refractivity contribution in [3.63, 3.8) is 0 Å². The molecule has 3 aromatic carbocycles. The fourth-order valence-electron chi connectivity index (χ4n) is 2.97. The molecule has 1 aliphatic heterocycles. The van der Waals surface area contributed by atoms with Crippen LogP contribution in [0.2, 0.25) is 0 Å². The highest BCUT2D eigenvalue weighted by Crippen LogP contribution is 2.32. The van der Waals surface area contributed by atoms with E-state index in [-0.39, 0.29) is 20.0 Å². The van der Waals surface area contributed by atoms with Gasteiger partial charge < -0.3 is 19.0 Å². The minimum absolute atomic E-state index is 0.189. The Kier molecular flexibility index (Phi) is 5.10. The van der Waals surface area contributed by atoms with E-state index in [1.165, 1.54) is 0 Å². The molecule has 0 unspecified atom stereocenters. The lowest BCUT2D eigenvalue weighted by atomic mass is 10.1. The zero-order chi connectivity index (χ0) is 19.3. The number of fused-ring (bicyclic) bond motifs is 2. The van der Waals surface area contributed by atoms with Crippen molar-refractivity contribution in [3.05, 3.63) is 71.8 Å². The first-order valence-electron chi connectivity index (χ1n) is 8.89. The van der Waals surface area contributed by atoms with Gasteiger partial charge in [0.15, 0.2) is 11.5 Å². The average Bonchev–Trinajstić information content (AvgIpc) is 3.20. The Labute approximate surface area is 162 Å². The topological polar surface area (TPSA) is 66.4 Å². The summed E-state index contributed by atoms with van der Waals surface area (Å²) in [6.07, 6.45) is 0. The molecule has 0 atom stereocenters. The Hall–Kier alpha value is -3.54. The summed E-state index contributed by atoms with van der Waals surface area (Å²) in [6.45, 7) is 1.94. The van der Waals surface area contributed by atoms with Gasteiger partial charge in [-0.1, -0.05) is 47.6 Å². The molecule has 0 spiro atoms. The van der Waals surface area contributed by atoms with Gasteiger partial charge in [0, 0.05) is 5.56 Å². The minimum atomic E-state index is -0.477. The molecule has 4 rings (SSSR count). The normalized spacial score (nSPS) is 12.8. The first-order chi connectivity index (χ1) is 13.7. The number of rotatable bonds is 6. The largest absolute Gasteiger partial charge is 0.458 e. The van der Waals surface area contributed by atoms with Crippen LogP contribution < -0.4 is 9.47 Å². The molecule has 0 saturated carbocycles. The monoisotopic (exact) mass is 377 g/mol. The summed E-state index contributed by atoms with van der Waals surface area (Å²) in [7, 11) is 0. The highest BCUT2D eigenvalue weighted by molar-refractivity contribution is 5.99. The maximum absolute atomic E-state index is 12.0. The maximum Gasteiger partial charge on any atom is 0.347 e. The number of oxime groups is 1. The predicted molar refractivity (Wildman–Crippen MR) is 104 cm³/mol. The Morgan fingerprint density at radius 3 is 2.79 bits per heavy atom. The van der Waals surface area contributed by atoms with Gasteiger partial charge in [0.25, 0.3) is 0 Å². The van der Waals surface area contributed by atoms with Gasteiger partial charge >= 0.3 is 5.97 Å². The van der Waals surface area contributed by atoms with Crippen molar-refractivity contribution >= 4 is 22.5 Å². The van der Waals surface area contributed by atoms with E-state index in [2.05, 4.69) is 5.16 Å². The molecule has 0 aromatic heterocycles. The summed E-state index contributed by atoms with van der Waals surface area (Å²) in [5.74, 6) is 0.895. The summed E-state index contributed by atoms with van der Waals surface area (Å²) >= 11 is 0. The van der Waals surface area contributed by atoms with Gasteiger partial charge in [-0.25, -0.2) is 4.79 Å². The number of esters is 1. The van der Waals surface area contributed by atoms with Crippen LogP contribution in [-0.4, -0.2) is 25.1 Å². The zero-order valence-electron chi connectivity index (χ0n) is 15.4. The molecule has 0 aliphatic carbocycles. The summed E-state index contributed by atoms with van der Waals surface area (Å²) in [6, 6.07) is 19.4. The van der Waals surface area contributed by atoms with Crippen LogP contribution in [-0.2, 0) is 21.0 Å². The second-order valence-corrected chi connectivity index (χ2v) is 6.32. The van der Waals surface area contributed by atoms with E-state index >= 15 is 0 Å². The first-order valence-corrected chi connectivity index (χ1v) is 8.89. The van der Waals surface area contributed by atoms with Crippen LogP contribution in [0.1, 0.15) is 18.1 Å². The smallest absolute Gasteiger partial charge is 0.347 e. The molecule has 6 nitrogen and oxygen atoms in total. The lowest BCUT2D eigenvalue weighted by Crippen LogP contribution is -2.11. The van der Waals surface area contributed by atoms with Gasteiger partial charge in [0.1, 0.15) is 6.61 Å². The molecule has 0 fully saturated rings. The number of carbonyl (C=O) groups is 1. The van der Waals surface area contributed by atoms with E-state index in [0.29, 0.717) is 17.2 Å². The number of ether oxygens (including phenoxy) is 3. The third-order valence-electron chi connectivity index (χ3n) is 4.44. The van der Waals surface area contributed by atoms with E-state index in [1.54, 1.807) is 6.92 Å². The molecule has 6 heteroatoms. The molecule has 1 heterocycles. The SMILES string of the molecule is C/C(=N\OCC(=O)OCc1cccc2ccccc12)c1ccc2c(c1)OCO2. The van der Waals surface area contributed by atoms with Crippen molar-refractivity contribution in [1.29, 1.82) is 0 Å². The van der Waals surface area contributed by atoms with Crippen molar-refractivity contribution in [3.8, 4) is 11.5 Å². The second kappa shape index (κ2) is 8.00. The highest BCUT2D eigenvalue weighted by Gasteiger charge is 2.14. The van der Waals surface area contributed by atoms with Gasteiger partial charge in [-0.2, -0.15) is 0 Å². The van der Waals surface area contributed by atoms with Crippen LogP contribution in [0.25, 0.3) is 10.8 Å². The van der Waals surface area contributed by atoms with Crippen LogP contribution in [0.4, 0.5) is 0 Å². The third-order valence-corrected chi connectivity index (χ3v) is 4.44. The van der Waals surface area contributed by atoms with E-state index < -0.39 is 5.97 Å². The van der Waals surface area contributed by atoms with Gasteiger partial charge in [-0.3, -0.25) is 0 Å². The van der Waals surface area contributed by atoms with Gasteiger partial charge in [-0.15, -0.1) is 0 Å². The lowest BCUT2D eigenvalue weighted by Gasteiger charge is -2.08. The molecule has 28 heavy (non-hydrogen) atoms. The Balaban J connectivity index is 1.31. The van der Waals surface area contributed by atoms with E-state index in [9.17, 15) is 4.79 Å². The quantitative estimate of drug-likeness (QED) is 0.368. The molecule has 1 aliphatic rings. The molecule has 0 saturated heterocycles. The Morgan fingerprint density at radius 2 is 1.86 bits per heavy atom. The van der Waals surface area contributed by atoms with Crippen molar-refractivity contribution < 1.29 is 23.8 Å². The molecule has 142 valence electrons. The van der Waals surface area contributed by atoms with Crippen molar-refractivity contribution in [2.24, 2.45) is 5.16 Å². The van der Waals surface area contributed by atoms with Crippen molar-refractivity contribution in [2.45, 2.75) is 13.5 Å². The number of nitrogens with zero attached hydrogens (tertiary/aromatic N) is 1. The summed E-state index contributed by atoms with van der Waals surface area (Å²) in [5.41, 5.74) is 2.40. The fraction of sp³-hybridized carbons (Fsp3) is 0.182. The van der Waals surface area contributed by atoms with Crippen LogP contribution in [0.5, 0.6) is 11.5 Å². The molecular weight excluding hydrogens is 358 g/mol. The molecule has 3 aromatic rings. The lowest BCUT2D eigenvalue weighted by molar-refractivity contribution is -0.150. The van der Waals surface area contributed by atoms with Gasteiger partial charge in [0.2, 0.25) is 13.4 Å². The van der Waals surface area contributed by atoms with Crippen molar-refractivity contribution in [1.82, 2.24) is 0 Å². The average molecular weight is 377 g/mol. The second-order valence-electron chi connectivity index (χ2n) is 6.32. The Morgan fingerprint density at radius 1 is 1.04 bits per heavy atom. The third kappa shape index (κ3) is 3.91. The van der Waals surface area contributed by atoms with Crippen LogP contribution >= 0.6 is 0 Å². The van der Waals surface area contributed by atoms with E-state index in [0.717, 1.165) is 21.9 Å². The number of benzene rings is 3. The Bertz CT molecular complexity index is 1040. The molecule has 0 N–H and O–H groups in total. The first kappa shape index (κ1) is 17.9. The molecule has 0 amide bonds. The molecular formula is C22H19NO5. The minimum Gasteiger partial charge on any atom is -0.458 e. The predicted octanol–water partition coefficient (Wildman–Crippen LogP) is 4.05. The van der Waals surface area contributed by atoms with Crippen molar-refractivity contribution in [2.75, 3.05) is 13.4 Å². The maximum atomic E-state index is 12.0. The summed E-state index contributed by atoms with van der Waals surface area (Å²) in [4.78, 5) is 17.1. The van der Waals surface area contributed by atoms with Crippen LogP contribution in [0.15, 0.2) is 65.8 Å². The van der Waals surface area contributed by atoms with E-state index in [1.807, 2.05) is 60.7 Å².